The van der Waals surface area contributed by atoms with Gasteiger partial charge in [0.05, 0.1) is 12.8 Å². The first kappa shape index (κ1) is 10.3. The number of thioether (sulfide) groups is 1. The number of aromatic nitrogens is 1. The van der Waals surface area contributed by atoms with Crippen LogP contribution in [0.4, 0.5) is 0 Å². The minimum Gasteiger partial charge on any atom is -0.473 e. The van der Waals surface area contributed by atoms with Crippen LogP contribution in [0.3, 0.4) is 0 Å². The standard InChI is InChI=1S/C9H13NO2S2/c1-6-3-13-5-9(6,11)7-4-14-8(10-7)12-2/h4,6,11H,3,5H2,1-2H3. The summed E-state index contributed by atoms with van der Waals surface area (Å²) in [6.45, 7) is 2.06. The summed E-state index contributed by atoms with van der Waals surface area (Å²) in [5.41, 5.74) is 0.00894. The average molecular weight is 231 g/mol. The molecule has 2 unspecified atom stereocenters. The van der Waals surface area contributed by atoms with Gasteiger partial charge >= 0.3 is 0 Å². The molecule has 1 fully saturated rings. The second-order valence-corrected chi connectivity index (χ2v) is 5.39. The number of hydrogen-bond acceptors (Lipinski definition) is 5. The highest BCUT2D eigenvalue weighted by Gasteiger charge is 2.42. The Hall–Kier alpha value is -0.260. The highest BCUT2D eigenvalue weighted by Crippen LogP contribution is 2.42. The van der Waals surface area contributed by atoms with E-state index in [9.17, 15) is 5.11 Å². The molecule has 0 radical (unpaired) electrons. The van der Waals surface area contributed by atoms with E-state index >= 15 is 0 Å². The largest absolute Gasteiger partial charge is 0.473 e. The molecule has 0 aliphatic carbocycles. The summed E-state index contributed by atoms with van der Waals surface area (Å²) >= 11 is 3.21. The summed E-state index contributed by atoms with van der Waals surface area (Å²) in [5.74, 6) is 2.00. The van der Waals surface area contributed by atoms with Crippen LogP contribution in [-0.2, 0) is 5.60 Å². The summed E-state index contributed by atoms with van der Waals surface area (Å²) in [6.07, 6.45) is 0. The Kier molecular flexibility index (Phi) is 2.72. The number of methoxy groups -OCH3 is 1. The Morgan fingerprint density at radius 1 is 1.71 bits per heavy atom. The Balaban J connectivity index is 2.28. The SMILES string of the molecule is COc1nc(C2(O)CSCC2C)cs1. The molecule has 1 aliphatic heterocycles. The Morgan fingerprint density at radius 3 is 3.00 bits per heavy atom. The van der Waals surface area contributed by atoms with E-state index in [2.05, 4.69) is 11.9 Å². The van der Waals surface area contributed by atoms with Crippen LogP contribution in [0.15, 0.2) is 5.38 Å². The van der Waals surface area contributed by atoms with Crippen LogP contribution in [0, 0.1) is 5.92 Å². The first-order chi connectivity index (χ1) is 6.66. The summed E-state index contributed by atoms with van der Waals surface area (Å²) in [4.78, 5) is 4.27. The van der Waals surface area contributed by atoms with Crippen molar-refractivity contribution in [2.75, 3.05) is 18.6 Å². The third-order valence-corrected chi connectivity index (χ3v) is 4.79. The van der Waals surface area contributed by atoms with Crippen molar-refractivity contribution in [1.82, 2.24) is 4.98 Å². The molecule has 2 atom stereocenters. The van der Waals surface area contributed by atoms with E-state index in [1.54, 1.807) is 18.9 Å². The molecule has 0 bridgehead atoms. The van der Waals surface area contributed by atoms with Gasteiger partial charge in [-0.25, -0.2) is 4.98 Å². The van der Waals surface area contributed by atoms with Gasteiger partial charge in [-0.15, -0.1) is 0 Å². The molecule has 0 amide bonds. The van der Waals surface area contributed by atoms with E-state index in [1.165, 1.54) is 11.3 Å². The molecule has 0 saturated carbocycles. The van der Waals surface area contributed by atoms with Crippen LogP contribution in [-0.4, -0.2) is 28.7 Å². The van der Waals surface area contributed by atoms with Gasteiger partial charge in [0.1, 0.15) is 5.60 Å². The van der Waals surface area contributed by atoms with E-state index in [1.807, 2.05) is 5.38 Å². The third-order valence-electron chi connectivity index (χ3n) is 2.61. The summed E-state index contributed by atoms with van der Waals surface area (Å²) in [7, 11) is 1.60. The van der Waals surface area contributed by atoms with Gasteiger partial charge in [-0.2, -0.15) is 11.8 Å². The fourth-order valence-corrected chi connectivity index (χ4v) is 3.75. The predicted molar refractivity (Wildman–Crippen MR) is 59.1 cm³/mol. The number of ether oxygens (including phenoxy) is 1. The van der Waals surface area contributed by atoms with Crippen molar-refractivity contribution in [3.05, 3.63) is 11.1 Å². The molecule has 78 valence electrons. The number of nitrogens with zero attached hydrogens (tertiary/aromatic N) is 1. The van der Waals surface area contributed by atoms with E-state index < -0.39 is 5.60 Å². The van der Waals surface area contributed by atoms with Crippen molar-refractivity contribution < 1.29 is 9.84 Å². The topological polar surface area (TPSA) is 42.4 Å². The lowest BCUT2D eigenvalue weighted by molar-refractivity contribution is 0.0194. The minimum atomic E-state index is -0.752. The van der Waals surface area contributed by atoms with Crippen LogP contribution in [0.1, 0.15) is 12.6 Å². The molecule has 1 aromatic rings. The normalized spacial score (nSPS) is 32.1. The van der Waals surface area contributed by atoms with Gasteiger partial charge in [-0.05, 0) is 5.75 Å². The van der Waals surface area contributed by atoms with E-state index in [4.69, 9.17) is 4.74 Å². The van der Waals surface area contributed by atoms with Gasteiger partial charge in [0, 0.05) is 17.1 Å². The van der Waals surface area contributed by atoms with Crippen LogP contribution in [0.2, 0.25) is 0 Å². The summed E-state index contributed by atoms with van der Waals surface area (Å²) in [5, 5.41) is 12.9. The minimum absolute atomic E-state index is 0.263. The van der Waals surface area contributed by atoms with Crippen molar-refractivity contribution in [1.29, 1.82) is 0 Å². The zero-order valence-corrected chi connectivity index (χ0v) is 9.82. The molecule has 2 rings (SSSR count). The monoisotopic (exact) mass is 231 g/mol. The fourth-order valence-electron chi connectivity index (χ4n) is 1.55. The highest BCUT2D eigenvalue weighted by atomic mass is 32.2. The van der Waals surface area contributed by atoms with Crippen molar-refractivity contribution in [2.45, 2.75) is 12.5 Å². The van der Waals surface area contributed by atoms with Crippen LogP contribution >= 0.6 is 23.1 Å². The van der Waals surface area contributed by atoms with Gasteiger partial charge in [-0.3, -0.25) is 0 Å². The maximum Gasteiger partial charge on any atom is 0.273 e. The lowest BCUT2D eigenvalue weighted by Gasteiger charge is -2.24. The zero-order chi connectivity index (χ0) is 10.2. The summed E-state index contributed by atoms with van der Waals surface area (Å²) < 4.78 is 5.02. The van der Waals surface area contributed by atoms with Gasteiger partial charge in [0.15, 0.2) is 0 Å². The highest BCUT2D eigenvalue weighted by molar-refractivity contribution is 7.99. The van der Waals surface area contributed by atoms with E-state index in [0.29, 0.717) is 5.19 Å². The Bertz CT molecular complexity index is 328. The Labute approximate surface area is 91.5 Å². The van der Waals surface area contributed by atoms with Gasteiger partial charge < -0.3 is 9.84 Å². The average Bonchev–Trinajstić information content (AvgIpc) is 2.75. The first-order valence-corrected chi connectivity index (χ1v) is 6.50. The zero-order valence-electron chi connectivity index (χ0n) is 8.19. The van der Waals surface area contributed by atoms with Crippen molar-refractivity contribution in [2.24, 2.45) is 5.92 Å². The molecule has 0 spiro atoms. The molecule has 1 saturated heterocycles. The van der Waals surface area contributed by atoms with Crippen LogP contribution < -0.4 is 4.74 Å². The van der Waals surface area contributed by atoms with Crippen LogP contribution in [0.5, 0.6) is 5.19 Å². The maximum absolute atomic E-state index is 10.4. The second kappa shape index (κ2) is 3.72. The molecule has 5 heteroatoms. The second-order valence-electron chi connectivity index (χ2n) is 3.54. The lowest BCUT2D eigenvalue weighted by atomic mass is 9.90. The maximum atomic E-state index is 10.4. The van der Waals surface area contributed by atoms with Gasteiger partial charge in [-0.1, -0.05) is 18.3 Å². The molecule has 1 aliphatic rings. The van der Waals surface area contributed by atoms with Crippen molar-refractivity contribution >= 4 is 23.1 Å². The molecule has 3 nitrogen and oxygen atoms in total. The molecule has 14 heavy (non-hydrogen) atoms. The number of thiazole rings is 1. The van der Waals surface area contributed by atoms with E-state index in [0.717, 1.165) is 17.2 Å². The summed E-state index contributed by atoms with van der Waals surface area (Å²) in [6, 6.07) is 0. The fraction of sp³-hybridized carbons (Fsp3) is 0.667. The molecular weight excluding hydrogens is 218 g/mol. The quantitative estimate of drug-likeness (QED) is 0.841. The lowest BCUT2D eigenvalue weighted by Crippen LogP contribution is -2.32. The molecule has 1 aromatic heterocycles. The number of aliphatic hydroxyl groups is 1. The number of hydrogen-bond donors (Lipinski definition) is 1. The number of rotatable bonds is 2. The van der Waals surface area contributed by atoms with Crippen molar-refractivity contribution in [3.63, 3.8) is 0 Å². The predicted octanol–water partition coefficient (Wildman–Crippen LogP) is 1.72. The third kappa shape index (κ3) is 1.53. The van der Waals surface area contributed by atoms with Gasteiger partial charge in [0.25, 0.3) is 5.19 Å². The first-order valence-electron chi connectivity index (χ1n) is 4.47. The molecule has 1 N–H and O–H groups in total. The smallest absolute Gasteiger partial charge is 0.273 e. The van der Waals surface area contributed by atoms with E-state index in [-0.39, 0.29) is 5.92 Å². The molecule has 0 aromatic carbocycles. The van der Waals surface area contributed by atoms with Gasteiger partial charge in [0.2, 0.25) is 0 Å². The molecular formula is C9H13NO2S2. The van der Waals surface area contributed by atoms with Crippen molar-refractivity contribution in [3.8, 4) is 5.19 Å². The Morgan fingerprint density at radius 2 is 2.50 bits per heavy atom. The van der Waals surface area contributed by atoms with Crippen LogP contribution in [0.25, 0.3) is 0 Å². The molecule has 2 heterocycles.